The molecule has 0 saturated heterocycles. The molecule has 1 aliphatic rings. The number of hydrogen-bond donors (Lipinski definition) is 1. The summed E-state index contributed by atoms with van der Waals surface area (Å²) in [5.74, 6) is 0.712. The number of hydrogen-bond acceptors (Lipinski definition) is 1. The third kappa shape index (κ3) is 3.13. The minimum atomic E-state index is 0.253. The van der Waals surface area contributed by atoms with Crippen molar-refractivity contribution >= 4 is 0 Å². The summed E-state index contributed by atoms with van der Waals surface area (Å²) in [5, 5.41) is 0. The summed E-state index contributed by atoms with van der Waals surface area (Å²) in [5.41, 5.74) is 8.12. The minimum absolute atomic E-state index is 0.253. The third-order valence-corrected chi connectivity index (χ3v) is 3.45. The average Bonchev–Trinajstić information content (AvgIpc) is 2.27. The topological polar surface area (TPSA) is 26.0 Å². The van der Waals surface area contributed by atoms with E-state index in [0.29, 0.717) is 12.0 Å². The number of rotatable bonds is 1. The van der Waals surface area contributed by atoms with Gasteiger partial charge in [0.05, 0.1) is 0 Å². The van der Waals surface area contributed by atoms with Crippen molar-refractivity contribution in [3.05, 3.63) is 11.6 Å². The second-order valence-corrected chi connectivity index (χ2v) is 5.82. The monoisotopic (exact) mass is 195 g/mol. The van der Waals surface area contributed by atoms with Crippen LogP contribution in [0.15, 0.2) is 11.6 Å². The Hall–Kier alpha value is -0.300. The molecule has 1 nitrogen and oxygen atoms in total. The Kier molecular flexibility index (Phi) is 3.77. The normalized spacial score (nSPS) is 26.6. The molecule has 14 heavy (non-hydrogen) atoms. The van der Waals surface area contributed by atoms with E-state index in [2.05, 4.69) is 33.8 Å². The molecule has 0 amide bonds. The van der Waals surface area contributed by atoms with Gasteiger partial charge in [0.25, 0.3) is 0 Å². The predicted octanol–water partition coefficient (Wildman–Crippen LogP) is 3.50. The summed E-state index contributed by atoms with van der Waals surface area (Å²) in [7, 11) is 0. The van der Waals surface area contributed by atoms with Gasteiger partial charge in [0.15, 0.2) is 0 Å². The zero-order chi connectivity index (χ0) is 10.8. The van der Waals surface area contributed by atoms with Gasteiger partial charge in [-0.25, -0.2) is 0 Å². The standard InChI is InChI=1S/C13H25N/c1-10-6-5-7-11(9-8-10)12(14)13(2,3)4/h6,11-12H,5,7-9,14H2,1-4H3/t11?,12-/m1/s1. The first-order valence-electron chi connectivity index (χ1n) is 5.82. The van der Waals surface area contributed by atoms with E-state index in [0.717, 1.165) is 0 Å². The van der Waals surface area contributed by atoms with Crippen molar-refractivity contribution in [1.82, 2.24) is 0 Å². The second-order valence-electron chi connectivity index (χ2n) is 5.82. The highest BCUT2D eigenvalue weighted by molar-refractivity contribution is 5.02. The van der Waals surface area contributed by atoms with Crippen molar-refractivity contribution in [3.63, 3.8) is 0 Å². The Morgan fingerprint density at radius 2 is 2.00 bits per heavy atom. The van der Waals surface area contributed by atoms with Crippen molar-refractivity contribution < 1.29 is 0 Å². The lowest BCUT2D eigenvalue weighted by atomic mass is 9.76. The zero-order valence-electron chi connectivity index (χ0n) is 10.1. The van der Waals surface area contributed by atoms with Gasteiger partial charge in [0.2, 0.25) is 0 Å². The first-order chi connectivity index (χ1) is 6.41. The molecule has 0 fully saturated rings. The molecule has 0 spiro atoms. The van der Waals surface area contributed by atoms with Gasteiger partial charge in [-0.3, -0.25) is 0 Å². The maximum Gasteiger partial charge on any atom is 0.0116 e. The fraction of sp³-hybridized carbons (Fsp3) is 0.846. The van der Waals surface area contributed by atoms with Crippen LogP contribution in [0.3, 0.4) is 0 Å². The second kappa shape index (κ2) is 4.48. The van der Waals surface area contributed by atoms with Gasteiger partial charge in [0.1, 0.15) is 0 Å². The Balaban J connectivity index is 2.55. The highest BCUT2D eigenvalue weighted by Crippen LogP contribution is 2.32. The Morgan fingerprint density at radius 3 is 2.57 bits per heavy atom. The molecule has 0 aliphatic heterocycles. The van der Waals surface area contributed by atoms with Crippen LogP contribution in [0, 0.1) is 11.3 Å². The van der Waals surface area contributed by atoms with Crippen LogP contribution >= 0.6 is 0 Å². The van der Waals surface area contributed by atoms with Crippen LogP contribution in [0.4, 0.5) is 0 Å². The molecule has 0 saturated carbocycles. The molecule has 0 aromatic rings. The van der Waals surface area contributed by atoms with E-state index in [1.54, 1.807) is 5.57 Å². The molecule has 1 unspecified atom stereocenters. The summed E-state index contributed by atoms with van der Waals surface area (Å²) < 4.78 is 0. The van der Waals surface area contributed by atoms with Crippen LogP contribution in [-0.4, -0.2) is 6.04 Å². The summed E-state index contributed by atoms with van der Waals surface area (Å²) in [6, 6.07) is 0.349. The average molecular weight is 195 g/mol. The van der Waals surface area contributed by atoms with E-state index < -0.39 is 0 Å². The molecule has 0 radical (unpaired) electrons. The van der Waals surface area contributed by atoms with E-state index in [4.69, 9.17) is 5.73 Å². The molecule has 1 rings (SSSR count). The van der Waals surface area contributed by atoms with Gasteiger partial charge in [-0.2, -0.15) is 0 Å². The molecule has 0 bridgehead atoms. The van der Waals surface area contributed by atoms with Crippen molar-refractivity contribution in [2.24, 2.45) is 17.1 Å². The van der Waals surface area contributed by atoms with E-state index in [9.17, 15) is 0 Å². The highest BCUT2D eigenvalue weighted by Gasteiger charge is 2.28. The summed E-state index contributed by atoms with van der Waals surface area (Å²) >= 11 is 0. The maximum absolute atomic E-state index is 6.32. The van der Waals surface area contributed by atoms with Crippen molar-refractivity contribution in [1.29, 1.82) is 0 Å². The molecular formula is C13H25N. The van der Waals surface area contributed by atoms with Crippen LogP contribution in [0.1, 0.15) is 53.4 Å². The van der Waals surface area contributed by atoms with Gasteiger partial charge in [-0.1, -0.05) is 32.4 Å². The smallest absolute Gasteiger partial charge is 0.0116 e. The van der Waals surface area contributed by atoms with Crippen LogP contribution in [0.25, 0.3) is 0 Å². The Morgan fingerprint density at radius 1 is 1.36 bits per heavy atom. The third-order valence-electron chi connectivity index (χ3n) is 3.45. The van der Waals surface area contributed by atoms with Crippen LogP contribution in [-0.2, 0) is 0 Å². The quantitative estimate of drug-likeness (QED) is 0.637. The lowest BCUT2D eigenvalue weighted by molar-refractivity contribution is 0.220. The van der Waals surface area contributed by atoms with Crippen LogP contribution in [0.2, 0.25) is 0 Å². The zero-order valence-corrected chi connectivity index (χ0v) is 10.1. The van der Waals surface area contributed by atoms with Crippen molar-refractivity contribution in [2.75, 3.05) is 0 Å². The molecular weight excluding hydrogens is 170 g/mol. The Labute approximate surface area is 88.8 Å². The maximum atomic E-state index is 6.32. The van der Waals surface area contributed by atoms with E-state index in [1.165, 1.54) is 25.7 Å². The van der Waals surface area contributed by atoms with Gasteiger partial charge in [0, 0.05) is 6.04 Å². The molecule has 1 aliphatic carbocycles. The molecule has 2 N–H and O–H groups in total. The van der Waals surface area contributed by atoms with Crippen LogP contribution < -0.4 is 5.73 Å². The van der Waals surface area contributed by atoms with Gasteiger partial charge in [-0.15, -0.1) is 0 Å². The summed E-state index contributed by atoms with van der Waals surface area (Å²) in [6.07, 6.45) is 7.40. The van der Waals surface area contributed by atoms with Crippen LogP contribution in [0.5, 0.6) is 0 Å². The molecule has 0 aromatic carbocycles. The lowest BCUT2D eigenvalue weighted by Gasteiger charge is -2.33. The highest BCUT2D eigenvalue weighted by atomic mass is 14.7. The van der Waals surface area contributed by atoms with E-state index >= 15 is 0 Å². The fourth-order valence-corrected chi connectivity index (χ4v) is 2.27. The first kappa shape index (κ1) is 11.8. The minimum Gasteiger partial charge on any atom is -0.327 e. The number of nitrogens with two attached hydrogens (primary N) is 1. The largest absolute Gasteiger partial charge is 0.327 e. The Bertz CT molecular complexity index is 210. The molecule has 1 heteroatoms. The predicted molar refractivity (Wildman–Crippen MR) is 63.1 cm³/mol. The van der Waals surface area contributed by atoms with Gasteiger partial charge in [-0.05, 0) is 43.9 Å². The summed E-state index contributed by atoms with van der Waals surface area (Å²) in [6.45, 7) is 9.00. The number of allylic oxidation sites excluding steroid dienone is 2. The van der Waals surface area contributed by atoms with E-state index in [-0.39, 0.29) is 5.41 Å². The molecule has 2 atom stereocenters. The van der Waals surface area contributed by atoms with Crippen molar-refractivity contribution in [3.8, 4) is 0 Å². The lowest BCUT2D eigenvalue weighted by Crippen LogP contribution is -2.41. The summed E-state index contributed by atoms with van der Waals surface area (Å²) in [4.78, 5) is 0. The molecule has 82 valence electrons. The van der Waals surface area contributed by atoms with Gasteiger partial charge < -0.3 is 5.73 Å². The fourth-order valence-electron chi connectivity index (χ4n) is 2.27. The van der Waals surface area contributed by atoms with Gasteiger partial charge >= 0.3 is 0 Å². The van der Waals surface area contributed by atoms with Crippen molar-refractivity contribution in [2.45, 2.75) is 59.4 Å². The SMILES string of the molecule is CC1=CCCC([C@@H](N)C(C)(C)C)CC1. The molecule has 0 aromatic heterocycles. The van der Waals surface area contributed by atoms with E-state index in [1.807, 2.05) is 0 Å². The first-order valence-corrected chi connectivity index (χ1v) is 5.82. The molecule has 0 heterocycles.